The highest BCUT2D eigenvalue weighted by atomic mass is 79.9. The smallest absolute Gasteiger partial charge is 0.407 e. The summed E-state index contributed by atoms with van der Waals surface area (Å²) in [5.41, 5.74) is 2.24. The van der Waals surface area contributed by atoms with E-state index in [9.17, 15) is 4.79 Å². The monoisotopic (exact) mass is 323 g/mol. The Kier molecular flexibility index (Phi) is 3.10. The molecule has 0 unspecified atom stereocenters. The van der Waals surface area contributed by atoms with Gasteiger partial charge in [-0.1, -0.05) is 15.9 Å². The molecule has 1 amide bonds. The Morgan fingerprint density at radius 2 is 2.00 bits per heavy atom. The third-order valence-corrected chi connectivity index (χ3v) is 4.01. The zero-order valence-corrected chi connectivity index (χ0v) is 11.9. The van der Waals surface area contributed by atoms with Gasteiger partial charge in [0.05, 0.1) is 5.69 Å². The number of aromatic nitrogens is 1. The van der Waals surface area contributed by atoms with E-state index >= 15 is 0 Å². The zero-order chi connectivity index (χ0) is 13.4. The normalized spacial score (nSPS) is 16.1. The molecule has 5 nitrogen and oxygen atoms in total. The van der Waals surface area contributed by atoms with Crippen LogP contribution in [0.25, 0.3) is 10.9 Å². The number of carbonyl (C=O) groups is 1. The van der Waals surface area contributed by atoms with Gasteiger partial charge in [0.25, 0.3) is 0 Å². The van der Waals surface area contributed by atoms with Crippen LogP contribution in [0.2, 0.25) is 0 Å². The van der Waals surface area contributed by atoms with Crippen LogP contribution >= 0.6 is 15.9 Å². The Labute approximate surface area is 118 Å². The highest BCUT2D eigenvalue weighted by Gasteiger charge is 2.22. The van der Waals surface area contributed by atoms with Crippen molar-refractivity contribution in [2.45, 2.75) is 0 Å². The lowest BCUT2D eigenvalue weighted by Gasteiger charge is -2.34. The van der Waals surface area contributed by atoms with E-state index in [0.717, 1.165) is 34.2 Å². The minimum Gasteiger partial charge on any atom is -0.465 e. The van der Waals surface area contributed by atoms with Gasteiger partial charge >= 0.3 is 6.09 Å². The van der Waals surface area contributed by atoms with Gasteiger partial charge in [-0.3, -0.25) is 0 Å². The Hall–Kier alpha value is -1.69. The molecule has 6 heteroatoms. The first kappa shape index (κ1) is 12.3. The number of nitrogens with zero attached hydrogens (tertiary/aromatic N) is 2. The van der Waals surface area contributed by atoms with Crippen LogP contribution in [-0.2, 0) is 0 Å². The number of amides is 1. The summed E-state index contributed by atoms with van der Waals surface area (Å²) in [6.45, 7) is 2.56. The predicted octanol–water partition coefficient (Wildman–Crippen LogP) is 2.73. The maximum Gasteiger partial charge on any atom is 0.407 e. The number of anilines is 1. The Morgan fingerprint density at radius 1 is 1.26 bits per heavy atom. The predicted molar refractivity (Wildman–Crippen MR) is 77.8 cm³/mol. The molecule has 0 spiro atoms. The lowest BCUT2D eigenvalue weighted by molar-refractivity contribution is 0.142. The summed E-state index contributed by atoms with van der Waals surface area (Å²) in [4.78, 5) is 17.8. The summed E-state index contributed by atoms with van der Waals surface area (Å²) in [5, 5.41) is 10.1. The van der Waals surface area contributed by atoms with Gasteiger partial charge in [0.1, 0.15) is 0 Å². The van der Waals surface area contributed by atoms with Crippen molar-refractivity contribution in [1.82, 2.24) is 9.88 Å². The lowest BCUT2D eigenvalue weighted by atomic mass is 10.2. The van der Waals surface area contributed by atoms with Crippen molar-refractivity contribution < 1.29 is 9.90 Å². The quantitative estimate of drug-likeness (QED) is 0.848. The van der Waals surface area contributed by atoms with E-state index in [4.69, 9.17) is 5.11 Å². The zero-order valence-electron chi connectivity index (χ0n) is 10.3. The van der Waals surface area contributed by atoms with Crippen LogP contribution in [0.3, 0.4) is 0 Å². The Bertz CT molecular complexity index is 617. The highest BCUT2D eigenvalue weighted by Crippen LogP contribution is 2.29. The van der Waals surface area contributed by atoms with E-state index in [2.05, 4.69) is 31.9 Å². The van der Waals surface area contributed by atoms with Crippen molar-refractivity contribution in [2.75, 3.05) is 31.1 Å². The number of hydrogen-bond acceptors (Lipinski definition) is 2. The van der Waals surface area contributed by atoms with Gasteiger partial charge in [0.15, 0.2) is 0 Å². The van der Waals surface area contributed by atoms with Gasteiger partial charge in [-0.25, -0.2) is 4.79 Å². The molecular weight excluding hydrogens is 310 g/mol. The molecular formula is C13H14BrN3O2. The maximum atomic E-state index is 10.9. The van der Waals surface area contributed by atoms with E-state index in [1.165, 1.54) is 4.90 Å². The van der Waals surface area contributed by atoms with Crippen molar-refractivity contribution in [3.8, 4) is 0 Å². The molecule has 2 N–H and O–H groups in total. The van der Waals surface area contributed by atoms with Gasteiger partial charge in [-0.15, -0.1) is 0 Å². The summed E-state index contributed by atoms with van der Waals surface area (Å²) in [5.74, 6) is 0. The van der Waals surface area contributed by atoms with Crippen LogP contribution < -0.4 is 4.90 Å². The first-order valence-electron chi connectivity index (χ1n) is 6.14. The first-order chi connectivity index (χ1) is 9.15. The molecule has 0 radical (unpaired) electrons. The molecule has 19 heavy (non-hydrogen) atoms. The summed E-state index contributed by atoms with van der Waals surface area (Å²) >= 11 is 3.49. The third-order valence-electron chi connectivity index (χ3n) is 3.51. The molecule has 1 aliphatic heterocycles. The second-order valence-electron chi connectivity index (χ2n) is 4.62. The number of aromatic amines is 1. The topological polar surface area (TPSA) is 59.6 Å². The summed E-state index contributed by atoms with van der Waals surface area (Å²) < 4.78 is 1.05. The van der Waals surface area contributed by atoms with Gasteiger partial charge in [0.2, 0.25) is 0 Å². The highest BCUT2D eigenvalue weighted by molar-refractivity contribution is 9.10. The average Bonchev–Trinajstić information content (AvgIpc) is 2.81. The maximum absolute atomic E-state index is 10.9. The number of halogens is 1. The fourth-order valence-electron chi connectivity index (χ4n) is 2.48. The van der Waals surface area contributed by atoms with Crippen LogP contribution in [0, 0.1) is 0 Å². The molecule has 1 fully saturated rings. The van der Waals surface area contributed by atoms with Gasteiger partial charge in [-0.05, 0) is 18.2 Å². The number of rotatable bonds is 1. The molecule has 2 aromatic rings. The molecule has 0 aliphatic carbocycles. The molecule has 1 aromatic heterocycles. The van der Waals surface area contributed by atoms with E-state index in [-0.39, 0.29) is 0 Å². The van der Waals surface area contributed by atoms with Crippen molar-refractivity contribution in [3.63, 3.8) is 0 Å². The molecule has 2 heterocycles. The van der Waals surface area contributed by atoms with Crippen LogP contribution in [-0.4, -0.2) is 47.3 Å². The Morgan fingerprint density at radius 3 is 2.68 bits per heavy atom. The van der Waals surface area contributed by atoms with Crippen LogP contribution in [0.5, 0.6) is 0 Å². The van der Waals surface area contributed by atoms with Gasteiger partial charge < -0.3 is 19.9 Å². The van der Waals surface area contributed by atoms with Crippen molar-refractivity contribution >= 4 is 38.6 Å². The summed E-state index contributed by atoms with van der Waals surface area (Å²) in [6, 6.07) is 6.13. The van der Waals surface area contributed by atoms with E-state index in [0.29, 0.717) is 13.1 Å². The average molecular weight is 324 g/mol. The molecule has 0 bridgehead atoms. The number of fused-ring (bicyclic) bond motifs is 1. The molecule has 3 rings (SSSR count). The number of H-pyrrole nitrogens is 1. The standard InChI is InChI=1S/C13H14BrN3O2/c14-9-1-2-11-10(7-9)12(8-15-11)16-3-5-17(6-4-16)13(18)19/h1-2,7-8,15H,3-6H2,(H,18,19). The lowest BCUT2D eigenvalue weighted by Crippen LogP contribution is -2.48. The minimum absolute atomic E-state index is 0.552. The molecule has 1 saturated heterocycles. The van der Waals surface area contributed by atoms with Crippen molar-refractivity contribution in [2.24, 2.45) is 0 Å². The second-order valence-corrected chi connectivity index (χ2v) is 5.54. The van der Waals surface area contributed by atoms with Crippen LogP contribution in [0.15, 0.2) is 28.9 Å². The van der Waals surface area contributed by atoms with Crippen molar-refractivity contribution in [1.29, 1.82) is 0 Å². The first-order valence-corrected chi connectivity index (χ1v) is 6.94. The second kappa shape index (κ2) is 4.77. The number of piperazine rings is 1. The van der Waals surface area contributed by atoms with E-state index in [1.54, 1.807) is 0 Å². The number of nitrogens with one attached hydrogen (secondary N) is 1. The minimum atomic E-state index is -0.832. The summed E-state index contributed by atoms with van der Waals surface area (Å²) in [6.07, 6.45) is 1.16. The number of carboxylic acid groups (broad SMARTS) is 1. The van der Waals surface area contributed by atoms with E-state index < -0.39 is 6.09 Å². The van der Waals surface area contributed by atoms with Crippen LogP contribution in [0.4, 0.5) is 10.5 Å². The Balaban J connectivity index is 1.85. The van der Waals surface area contributed by atoms with Gasteiger partial charge in [-0.2, -0.15) is 0 Å². The van der Waals surface area contributed by atoms with Crippen molar-refractivity contribution in [3.05, 3.63) is 28.9 Å². The molecule has 1 aromatic carbocycles. The fourth-order valence-corrected chi connectivity index (χ4v) is 2.84. The number of benzene rings is 1. The fraction of sp³-hybridized carbons (Fsp3) is 0.308. The number of hydrogen-bond donors (Lipinski definition) is 2. The summed E-state index contributed by atoms with van der Waals surface area (Å²) in [7, 11) is 0. The molecule has 1 aliphatic rings. The largest absolute Gasteiger partial charge is 0.465 e. The molecule has 100 valence electrons. The van der Waals surface area contributed by atoms with E-state index in [1.807, 2.05) is 18.3 Å². The molecule has 0 atom stereocenters. The van der Waals surface area contributed by atoms with Gasteiger partial charge in [0, 0.05) is 47.8 Å². The SMILES string of the molecule is O=C(O)N1CCN(c2c[nH]c3ccc(Br)cc23)CC1. The van der Waals surface area contributed by atoms with Crippen LogP contribution in [0.1, 0.15) is 0 Å². The third kappa shape index (κ3) is 2.28. The molecule has 0 saturated carbocycles.